The number of esters is 1. The Morgan fingerprint density at radius 3 is 2.46 bits per heavy atom. The Balaban J connectivity index is 1.47. The van der Waals surface area contributed by atoms with Crippen molar-refractivity contribution < 1.29 is 33.3 Å². The van der Waals surface area contributed by atoms with E-state index < -0.39 is 36.4 Å². The molecule has 2 heterocycles. The molecule has 41 heavy (non-hydrogen) atoms. The summed E-state index contributed by atoms with van der Waals surface area (Å²) >= 11 is 0. The van der Waals surface area contributed by atoms with E-state index in [2.05, 4.69) is 24.0 Å². The molecule has 0 aliphatic carbocycles. The van der Waals surface area contributed by atoms with Gasteiger partial charge in [-0.2, -0.15) is 0 Å². The minimum Gasteiger partial charge on any atom is -0.481 e. The number of halogens is 1. The molecule has 1 fully saturated rings. The lowest BCUT2D eigenvalue weighted by molar-refractivity contribution is -0.226. The first-order chi connectivity index (χ1) is 19.6. The number of hydrogen-bond donors (Lipinski definition) is 2. The van der Waals surface area contributed by atoms with E-state index in [1.807, 2.05) is 31.2 Å². The molecule has 0 spiro atoms. The Morgan fingerprint density at radius 1 is 1.10 bits per heavy atom. The van der Waals surface area contributed by atoms with Gasteiger partial charge in [0.05, 0.1) is 12.0 Å². The number of H-pyrrole nitrogens is 1. The maximum atomic E-state index is 15.3. The molecule has 0 saturated carbocycles. The number of aromatic amines is 1. The minimum atomic E-state index is -1.33. The maximum Gasteiger partial charge on any atom is 0.338 e. The van der Waals surface area contributed by atoms with Gasteiger partial charge in [0, 0.05) is 23.6 Å². The standard InChI is InChI=1S/C32H37FN2O6/c1-19(2)29-25(17-23-15-13-22(14-16-23)9-8-12-27(36)37)30(35-34-29)41-32-21(4)20(3)28(33)26(40-32)18-39-31(38)24-10-6-5-7-11-24/h5-11,13-16,19-21,26,28,32H,12,17-18H2,1-4H3,(H,34,35)(H,36,37)/b9-8+. The van der Waals surface area contributed by atoms with Gasteiger partial charge in [-0.25, -0.2) is 9.18 Å². The summed E-state index contributed by atoms with van der Waals surface area (Å²) in [7, 11) is 0. The molecule has 2 aromatic carbocycles. The second-order valence-electron chi connectivity index (χ2n) is 10.8. The number of rotatable bonds is 11. The van der Waals surface area contributed by atoms with E-state index in [0.717, 1.165) is 22.4 Å². The van der Waals surface area contributed by atoms with Crippen LogP contribution in [0.5, 0.6) is 5.88 Å². The van der Waals surface area contributed by atoms with Gasteiger partial charge in [0.15, 0.2) is 0 Å². The highest BCUT2D eigenvalue weighted by molar-refractivity contribution is 5.89. The number of carboxylic acids is 1. The second-order valence-corrected chi connectivity index (χ2v) is 10.8. The lowest BCUT2D eigenvalue weighted by Gasteiger charge is -2.40. The van der Waals surface area contributed by atoms with Crippen molar-refractivity contribution in [1.29, 1.82) is 0 Å². The third-order valence-electron chi connectivity index (χ3n) is 7.44. The van der Waals surface area contributed by atoms with Crippen molar-refractivity contribution in [3.8, 4) is 5.88 Å². The molecule has 3 aromatic rings. The molecular weight excluding hydrogens is 527 g/mol. The van der Waals surface area contributed by atoms with Gasteiger partial charge >= 0.3 is 11.9 Å². The molecule has 8 nitrogen and oxygen atoms in total. The maximum absolute atomic E-state index is 15.3. The summed E-state index contributed by atoms with van der Waals surface area (Å²) in [6.07, 6.45) is 0.794. The highest BCUT2D eigenvalue weighted by atomic mass is 19.1. The zero-order valence-electron chi connectivity index (χ0n) is 23.7. The highest BCUT2D eigenvalue weighted by Crippen LogP contribution is 2.36. The van der Waals surface area contributed by atoms with Crippen LogP contribution in [-0.2, 0) is 20.7 Å². The molecule has 4 rings (SSSR count). The quantitative estimate of drug-likeness (QED) is 0.268. The first-order valence-electron chi connectivity index (χ1n) is 13.9. The molecule has 0 amide bonds. The SMILES string of the molecule is CC(C)c1[nH]nc(OC2OC(COC(=O)c3ccccc3)C(F)C(C)C2C)c1Cc1ccc(/C=C/CC(=O)O)cc1. The minimum absolute atomic E-state index is 0.0328. The van der Waals surface area contributed by atoms with Crippen molar-refractivity contribution in [1.82, 2.24) is 10.2 Å². The average molecular weight is 565 g/mol. The predicted octanol–water partition coefficient (Wildman–Crippen LogP) is 6.18. The van der Waals surface area contributed by atoms with E-state index in [9.17, 15) is 9.59 Å². The summed E-state index contributed by atoms with van der Waals surface area (Å²) < 4.78 is 33.0. The van der Waals surface area contributed by atoms with Gasteiger partial charge in [0.2, 0.25) is 12.2 Å². The lowest BCUT2D eigenvalue weighted by atomic mass is 9.85. The number of ether oxygens (including phenoxy) is 3. The Morgan fingerprint density at radius 2 is 1.80 bits per heavy atom. The van der Waals surface area contributed by atoms with Crippen LogP contribution < -0.4 is 4.74 Å². The zero-order chi connectivity index (χ0) is 29.5. The van der Waals surface area contributed by atoms with Crippen LogP contribution >= 0.6 is 0 Å². The van der Waals surface area contributed by atoms with Crippen molar-refractivity contribution >= 4 is 18.0 Å². The number of alkyl halides is 1. The molecule has 0 radical (unpaired) electrons. The van der Waals surface area contributed by atoms with E-state index in [1.165, 1.54) is 0 Å². The van der Waals surface area contributed by atoms with Crippen molar-refractivity contribution in [3.63, 3.8) is 0 Å². The summed E-state index contributed by atoms with van der Waals surface area (Å²) in [4.78, 5) is 23.2. The number of nitrogens with zero attached hydrogens (tertiary/aromatic N) is 1. The summed E-state index contributed by atoms with van der Waals surface area (Å²) in [5.41, 5.74) is 4.13. The topological polar surface area (TPSA) is 111 Å². The summed E-state index contributed by atoms with van der Waals surface area (Å²) in [5.74, 6) is -1.56. The summed E-state index contributed by atoms with van der Waals surface area (Å²) in [6, 6.07) is 16.4. The Labute approximate surface area is 239 Å². The third-order valence-corrected chi connectivity index (χ3v) is 7.44. The van der Waals surface area contributed by atoms with Crippen LogP contribution in [-0.4, -0.2) is 52.4 Å². The van der Waals surface area contributed by atoms with Gasteiger partial charge in [-0.15, -0.1) is 5.10 Å². The van der Waals surface area contributed by atoms with Crippen LogP contribution in [0.4, 0.5) is 4.39 Å². The fourth-order valence-corrected chi connectivity index (χ4v) is 4.79. The van der Waals surface area contributed by atoms with Gasteiger partial charge in [-0.1, -0.05) is 82.3 Å². The number of aliphatic carboxylic acids is 1. The van der Waals surface area contributed by atoms with E-state index in [1.54, 1.807) is 49.4 Å². The van der Waals surface area contributed by atoms with Crippen LogP contribution in [0.1, 0.15) is 72.8 Å². The van der Waals surface area contributed by atoms with E-state index in [-0.39, 0.29) is 24.9 Å². The van der Waals surface area contributed by atoms with Crippen LogP contribution in [0.2, 0.25) is 0 Å². The number of aromatic nitrogens is 2. The van der Waals surface area contributed by atoms with Crippen LogP contribution in [0.25, 0.3) is 6.08 Å². The van der Waals surface area contributed by atoms with Gasteiger partial charge in [-0.3, -0.25) is 9.89 Å². The van der Waals surface area contributed by atoms with E-state index >= 15 is 4.39 Å². The second kappa shape index (κ2) is 13.6. The predicted molar refractivity (Wildman–Crippen MR) is 152 cm³/mol. The number of carboxylic acid groups (broad SMARTS) is 1. The van der Waals surface area contributed by atoms with Gasteiger partial charge in [-0.05, 0) is 35.1 Å². The molecule has 0 bridgehead atoms. The molecule has 2 N–H and O–H groups in total. The van der Waals surface area contributed by atoms with Crippen molar-refractivity contribution in [3.05, 3.63) is 88.6 Å². The molecule has 218 valence electrons. The van der Waals surface area contributed by atoms with Crippen molar-refractivity contribution in [2.75, 3.05) is 6.61 Å². The number of benzene rings is 2. The molecule has 1 aliphatic heterocycles. The highest BCUT2D eigenvalue weighted by Gasteiger charge is 2.44. The van der Waals surface area contributed by atoms with Crippen LogP contribution in [0.15, 0.2) is 60.7 Å². The number of nitrogens with one attached hydrogen (secondary N) is 1. The van der Waals surface area contributed by atoms with Gasteiger partial charge in [0.25, 0.3) is 0 Å². The normalized spacial score (nSPS) is 22.6. The molecule has 5 unspecified atom stereocenters. The van der Waals surface area contributed by atoms with Crippen molar-refractivity contribution in [2.45, 2.75) is 65.0 Å². The fraction of sp³-hybridized carbons (Fsp3) is 0.406. The summed E-state index contributed by atoms with van der Waals surface area (Å²) in [6.45, 7) is 7.56. The van der Waals surface area contributed by atoms with E-state index in [0.29, 0.717) is 17.9 Å². The zero-order valence-corrected chi connectivity index (χ0v) is 23.7. The molecule has 1 saturated heterocycles. The average Bonchev–Trinajstić information content (AvgIpc) is 3.35. The smallest absolute Gasteiger partial charge is 0.338 e. The van der Waals surface area contributed by atoms with Crippen LogP contribution in [0, 0.1) is 11.8 Å². The first-order valence-corrected chi connectivity index (χ1v) is 13.9. The van der Waals surface area contributed by atoms with Gasteiger partial charge in [0.1, 0.15) is 18.9 Å². The lowest BCUT2D eigenvalue weighted by Crippen LogP contribution is -2.51. The Bertz CT molecular complexity index is 1340. The monoisotopic (exact) mass is 564 g/mol. The number of carbonyl (C=O) groups is 2. The third kappa shape index (κ3) is 7.61. The Kier molecular flexibility index (Phi) is 9.94. The molecule has 5 atom stereocenters. The van der Waals surface area contributed by atoms with Gasteiger partial charge < -0.3 is 19.3 Å². The first kappa shape index (κ1) is 30.0. The molecular formula is C32H37FN2O6. The number of carbonyl (C=O) groups excluding carboxylic acids is 1. The number of hydrogen-bond acceptors (Lipinski definition) is 6. The molecule has 1 aliphatic rings. The van der Waals surface area contributed by atoms with Crippen molar-refractivity contribution in [2.24, 2.45) is 11.8 Å². The Hall–Kier alpha value is -3.98. The largest absolute Gasteiger partial charge is 0.481 e. The summed E-state index contributed by atoms with van der Waals surface area (Å²) in [5, 5.41) is 16.4. The molecule has 9 heteroatoms. The van der Waals surface area contributed by atoms with E-state index in [4.69, 9.17) is 19.3 Å². The van der Waals surface area contributed by atoms with Crippen LogP contribution in [0.3, 0.4) is 0 Å². The fourth-order valence-electron chi connectivity index (χ4n) is 4.79. The molecule has 1 aromatic heterocycles.